The fraction of sp³-hybridized carbons (Fsp3) is 0.429. The normalized spacial score (nSPS) is 22.7. The third-order valence-electron chi connectivity index (χ3n) is 2.98. The third kappa shape index (κ3) is 2.47. The van der Waals surface area contributed by atoms with Gasteiger partial charge in [0.1, 0.15) is 0 Å². The van der Waals surface area contributed by atoms with Crippen molar-refractivity contribution in [2.45, 2.75) is 38.0 Å². The van der Waals surface area contributed by atoms with Crippen LogP contribution in [0.5, 0.6) is 0 Å². The second-order valence-corrected chi connectivity index (χ2v) is 4.08. The molecule has 0 amide bonds. The van der Waals surface area contributed by atoms with Crippen molar-refractivity contribution < 1.29 is 0 Å². The largest absolute Gasteiger partial charge is 0.0879 e. The fourth-order valence-electron chi connectivity index (χ4n) is 2.14. The van der Waals surface area contributed by atoms with E-state index in [0.717, 1.165) is 0 Å². The zero-order valence-electron chi connectivity index (χ0n) is 8.65. The van der Waals surface area contributed by atoms with E-state index in [1.807, 2.05) is 0 Å². The highest BCUT2D eigenvalue weighted by Gasteiger charge is 2.08. The van der Waals surface area contributed by atoms with Crippen LogP contribution in [0, 0.1) is 0 Å². The van der Waals surface area contributed by atoms with E-state index in [9.17, 15) is 0 Å². The van der Waals surface area contributed by atoms with Crippen LogP contribution in [0.25, 0.3) is 0 Å². The molecule has 1 aromatic rings. The van der Waals surface area contributed by atoms with Gasteiger partial charge in [-0.05, 0) is 24.8 Å². The molecule has 1 aliphatic carbocycles. The highest BCUT2D eigenvalue weighted by atomic mass is 14.1. The summed E-state index contributed by atoms with van der Waals surface area (Å²) in [6.45, 7) is 0. The Balaban J connectivity index is 2.12. The summed E-state index contributed by atoms with van der Waals surface area (Å²) in [6.07, 6.45) is 11.5. The molecular formula is C14H18. The van der Waals surface area contributed by atoms with E-state index < -0.39 is 0 Å². The minimum absolute atomic E-state index is 0.663. The van der Waals surface area contributed by atoms with Crippen LogP contribution in [0.2, 0.25) is 0 Å². The predicted octanol–water partition coefficient (Wildman–Crippen LogP) is 4.29. The number of hydrogen-bond acceptors (Lipinski definition) is 0. The minimum Gasteiger partial charge on any atom is -0.0879 e. The molecule has 2 rings (SSSR count). The highest BCUT2D eigenvalue weighted by Crippen LogP contribution is 2.26. The van der Waals surface area contributed by atoms with Crippen LogP contribution >= 0.6 is 0 Å². The van der Waals surface area contributed by atoms with Gasteiger partial charge in [-0.2, -0.15) is 0 Å². The molecule has 0 spiro atoms. The summed E-state index contributed by atoms with van der Waals surface area (Å²) < 4.78 is 0. The molecule has 0 aliphatic heterocycles. The molecule has 0 N–H and O–H groups in total. The summed E-state index contributed by atoms with van der Waals surface area (Å²) in [5.74, 6) is 0.663. The van der Waals surface area contributed by atoms with Gasteiger partial charge in [-0.15, -0.1) is 0 Å². The third-order valence-corrected chi connectivity index (χ3v) is 2.98. The molecule has 1 aromatic carbocycles. The van der Waals surface area contributed by atoms with E-state index in [-0.39, 0.29) is 0 Å². The lowest BCUT2D eigenvalue weighted by Crippen LogP contribution is -1.97. The Hall–Kier alpha value is -1.04. The zero-order chi connectivity index (χ0) is 9.64. The number of hydrogen-bond donors (Lipinski definition) is 0. The van der Waals surface area contributed by atoms with Gasteiger partial charge < -0.3 is 0 Å². The molecule has 0 bridgehead atoms. The van der Waals surface area contributed by atoms with E-state index >= 15 is 0 Å². The van der Waals surface area contributed by atoms with Gasteiger partial charge in [-0.25, -0.2) is 0 Å². The van der Waals surface area contributed by atoms with Gasteiger partial charge in [-0.1, -0.05) is 55.3 Å². The van der Waals surface area contributed by atoms with Gasteiger partial charge in [0.05, 0.1) is 0 Å². The maximum absolute atomic E-state index is 2.40. The van der Waals surface area contributed by atoms with Crippen molar-refractivity contribution in [3.8, 4) is 0 Å². The van der Waals surface area contributed by atoms with Crippen molar-refractivity contribution >= 4 is 0 Å². The van der Waals surface area contributed by atoms with E-state index in [2.05, 4.69) is 42.5 Å². The monoisotopic (exact) mass is 186 g/mol. The Bertz CT molecular complexity index is 284. The minimum atomic E-state index is 0.663. The first-order chi connectivity index (χ1) is 6.97. The SMILES string of the molecule is C1=CC(c2ccccc2)CCCCC1. The molecule has 1 atom stereocenters. The number of allylic oxidation sites excluding steroid dienone is 2. The molecule has 1 unspecified atom stereocenters. The highest BCUT2D eigenvalue weighted by molar-refractivity contribution is 5.23. The molecule has 0 aromatic heterocycles. The Morgan fingerprint density at radius 2 is 1.79 bits per heavy atom. The Kier molecular flexibility index (Phi) is 3.39. The van der Waals surface area contributed by atoms with Crippen molar-refractivity contribution in [1.82, 2.24) is 0 Å². The van der Waals surface area contributed by atoms with Crippen molar-refractivity contribution in [2.24, 2.45) is 0 Å². The average molecular weight is 186 g/mol. The standard InChI is InChI=1S/C14H18/c1-2-5-9-13(10-6-3-1)14-11-7-4-8-12-14/h4-5,7-9,11-13H,1-3,6,10H2. The Morgan fingerprint density at radius 3 is 2.64 bits per heavy atom. The van der Waals surface area contributed by atoms with E-state index in [4.69, 9.17) is 0 Å². The van der Waals surface area contributed by atoms with Crippen LogP contribution in [-0.2, 0) is 0 Å². The second kappa shape index (κ2) is 4.99. The Morgan fingerprint density at radius 1 is 0.929 bits per heavy atom. The Labute approximate surface area is 86.7 Å². The van der Waals surface area contributed by atoms with Gasteiger partial charge in [0, 0.05) is 5.92 Å². The summed E-state index contributed by atoms with van der Waals surface area (Å²) in [5.41, 5.74) is 1.48. The predicted molar refractivity (Wildman–Crippen MR) is 61.4 cm³/mol. The molecule has 0 saturated heterocycles. The summed E-state index contributed by atoms with van der Waals surface area (Å²) in [5, 5.41) is 0. The molecule has 0 radical (unpaired) electrons. The van der Waals surface area contributed by atoms with Crippen LogP contribution < -0.4 is 0 Å². The summed E-state index contributed by atoms with van der Waals surface area (Å²) >= 11 is 0. The maximum Gasteiger partial charge on any atom is 0.00179 e. The van der Waals surface area contributed by atoms with Crippen LogP contribution in [0.3, 0.4) is 0 Å². The van der Waals surface area contributed by atoms with Gasteiger partial charge in [0.15, 0.2) is 0 Å². The van der Waals surface area contributed by atoms with Crippen molar-refractivity contribution in [1.29, 1.82) is 0 Å². The summed E-state index contributed by atoms with van der Waals surface area (Å²) in [6, 6.07) is 10.9. The zero-order valence-corrected chi connectivity index (χ0v) is 8.65. The van der Waals surface area contributed by atoms with Crippen LogP contribution in [-0.4, -0.2) is 0 Å². The molecule has 14 heavy (non-hydrogen) atoms. The summed E-state index contributed by atoms with van der Waals surface area (Å²) in [4.78, 5) is 0. The summed E-state index contributed by atoms with van der Waals surface area (Å²) in [7, 11) is 0. The van der Waals surface area contributed by atoms with Crippen molar-refractivity contribution in [3.05, 3.63) is 48.0 Å². The maximum atomic E-state index is 2.40. The van der Waals surface area contributed by atoms with Gasteiger partial charge >= 0.3 is 0 Å². The molecule has 0 saturated carbocycles. The lowest BCUT2D eigenvalue weighted by molar-refractivity contribution is 0.598. The lowest BCUT2D eigenvalue weighted by Gasteiger charge is -2.15. The van der Waals surface area contributed by atoms with E-state index in [0.29, 0.717) is 5.92 Å². The second-order valence-electron chi connectivity index (χ2n) is 4.08. The van der Waals surface area contributed by atoms with E-state index in [1.54, 1.807) is 0 Å². The first-order valence-corrected chi connectivity index (χ1v) is 5.68. The molecular weight excluding hydrogens is 168 g/mol. The van der Waals surface area contributed by atoms with Crippen molar-refractivity contribution in [3.63, 3.8) is 0 Å². The first-order valence-electron chi connectivity index (χ1n) is 5.68. The molecule has 0 heterocycles. The molecule has 74 valence electrons. The average Bonchev–Trinajstić information content (AvgIpc) is 2.18. The topological polar surface area (TPSA) is 0 Å². The van der Waals surface area contributed by atoms with Gasteiger partial charge in [0.25, 0.3) is 0 Å². The van der Waals surface area contributed by atoms with E-state index in [1.165, 1.54) is 37.7 Å². The van der Waals surface area contributed by atoms with Crippen LogP contribution in [0.15, 0.2) is 42.5 Å². The molecule has 0 fully saturated rings. The van der Waals surface area contributed by atoms with Gasteiger partial charge in [-0.3, -0.25) is 0 Å². The quantitative estimate of drug-likeness (QED) is 0.574. The van der Waals surface area contributed by atoms with Crippen LogP contribution in [0.4, 0.5) is 0 Å². The number of rotatable bonds is 1. The smallest absolute Gasteiger partial charge is 0.00179 e. The first kappa shape index (κ1) is 9.51. The van der Waals surface area contributed by atoms with Crippen molar-refractivity contribution in [2.75, 3.05) is 0 Å². The molecule has 1 aliphatic rings. The molecule has 0 heteroatoms. The van der Waals surface area contributed by atoms with Crippen LogP contribution in [0.1, 0.15) is 43.6 Å². The lowest BCUT2D eigenvalue weighted by atomic mass is 9.90. The number of benzene rings is 1. The van der Waals surface area contributed by atoms with Gasteiger partial charge in [0.2, 0.25) is 0 Å². The molecule has 0 nitrogen and oxygen atoms in total. The fourth-order valence-corrected chi connectivity index (χ4v) is 2.14.